The van der Waals surface area contributed by atoms with Crippen LogP contribution in [0.5, 0.6) is 0 Å². The van der Waals surface area contributed by atoms with Crippen molar-refractivity contribution in [2.75, 3.05) is 0 Å². The average Bonchev–Trinajstić information content (AvgIpc) is 3.04. The molecule has 3 rings (SSSR count). The Morgan fingerprint density at radius 3 is 1.76 bits per heavy atom. The van der Waals surface area contributed by atoms with Crippen LogP contribution in [0.4, 0.5) is 0 Å². The van der Waals surface area contributed by atoms with E-state index in [0.29, 0.717) is 5.57 Å². The van der Waals surface area contributed by atoms with Crippen molar-refractivity contribution in [2.45, 2.75) is 33.0 Å². The van der Waals surface area contributed by atoms with Crippen LogP contribution >= 0.6 is 0 Å². The highest BCUT2D eigenvalue weighted by Gasteiger charge is 2.59. The van der Waals surface area contributed by atoms with Gasteiger partial charge in [0.05, 0.1) is 0 Å². The van der Waals surface area contributed by atoms with Crippen LogP contribution < -0.4 is 0 Å². The highest BCUT2D eigenvalue weighted by Crippen LogP contribution is 2.52. The SMILES string of the molecule is C=C1CC(C(=O)OCc2ccccc2)(C(=O)OCc2ccccc2)CC1(C)C=O. The molecule has 150 valence electrons. The van der Waals surface area contributed by atoms with E-state index >= 15 is 0 Å². The van der Waals surface area contributed by atoms with Gasteiger partial charge in [-0.2, -0.15) is 0 Å². The van der Waals surface area contributed by atoms with E-state index in [1.807, 2.05) is 60.7 Å². The first-order valence-corrected chi connectivity index (χ1v) is 9.46. The molecule has 0 aromatic heterocycles. The second-order valence-corrected chi connectivity index (χ2v) is 7.70. The zero-order chi connectivity index (χ0) is 20.9. The van der Waals surface area contributed by atoms with Crippen molar-refractivity contribution in [1.82, 2.24) is 0 Å². The molecule has 0 amide bonds. The molecule has 0 bridgehead atoms. The number of carbonyl (C=O) groups is 3. The topological polar surface area (TPSA) is 69.7 Å². The smallest absolute Gasteiger partial charge is 0.324 e. The van der Waals surface area contributed by atoms with Gasteiger partial charge in [-0.25, -0.2) is 0 Å². The highest BCUT2D eigenvalue weighted by molar-refractivity contribution is 6.02. The third kappa shape index (κ3) is 4.29. The molecule has 1 unspecified atom stereocenters. The largest absolute Gasteiger partial charge is 0.460 e. The molecule has 1 saturated carbocycles. The van der Waals surface area contributed by atoms with E-state index < -0.39 is 22.8 Å². The summed E-state index contributed by atoms with van der Waals surface area (Å²) in [5.74, 6) is -1.38. The van der Waals surface area contributed by atoms with Crippen molar-refractivity contribution in [3.63, 3.8) is 0 Å². The number of hydrogen-bond donors (Lipinski definition) is 0. The molecule has 0 heterocycles. The number of aldehydes is 1. The summed E-state index contributed by atoms with van der Waals surface area (Å²) in [4.78, 5) is 37.8. The molecular formula is C24H24O5. The molecule has 1 atom stereocenters. The Morgan fingerprint density at radius 1 is 0.931 bits per heavy atom. The zero-order valence-corrected chi connectivity index (χ0v) is 16.4. The number of esters is 2. The Hall–Kier alpha value is -3.21. The lowest BCUT2D eigenvalue weighted by Gasteiger charge is -2.26. The minimum Gasteiger partial charge on any atom is -0.460 e. The standard InChI is InChI=1S/C24H24O5/c1-18-13-24(16-23(18,2)17-25,21(26)28-14-19-9-5-3-6-10-19)22(27)29-15-20-11-7-4-8-12-20/h3-12,17H,1,13-16H2,2H3. The van der Waals surface area contributed by atoms with Crippen LogP contribution in [0.15, 0.2) is 72.8 Å². The molecular weight excluding hydrogens is 368 g/mol. The Bertz CT molecular complexity index is 848. The van der Waals surface area contributed by atoms with Gasteiger partial charge in [0, 0.05) is 5.41 Å². The molecule has 0 spiro atoms. The van der Waals surface area contributed by atoms with E-state index in [2.05, 4.69) is 6.58 Å². The molecule has 5 heteroatoms. The van der Waals surface area contributed by atoms with E-state index in [4.69, 9.17) is 9.47 Å². The van der Waals surface area contributed by atoms with Crippen LogP contribution in [0.25, 0.3) is 0 Å². The van der Waals surface area contributed by atoms with E-state index in [1.54, 1.807) is 6.92 Å². The van der Waals surface area contributed by atoms with Crippen LogP contribution in [0.2, 0.25) is 0 Å². The predicted molar refractivity (Wildman–Crippen MR) is 107 cm³/mol. The lowest BCUT2D eigenvalue weighted by molar-refractivity contribution is -0.174. The fourth-order valence-corrected chi connectivity index (χ4v) is 3.60. The van der Waals surface area contributed by atoms with Gasteiger partial charge in [0.2, 0.25) is 0 Å². The number of ether oxygens (including phenoxy) is 2. The summed E-state index contributed by atoms with van der Waals surface area (Å²) in [6, 6.07) is 18.4. The number of carbonyl (C=O) groups excluding carboxylic acids is 3. The lowest BCUT2D eigenvalue weighted by Crippen LogP contribution is -2.41. The molecule has 5 nitrogen and oxygen atoms in total. The normalized spacial score (nSPS) is 20.1. The first-order chi connectivity index (χ1) is 13.9. The first kappa shape index (κ1) is 20.5. The maximum Gasteiger partial charge on any atom is 0.324 e. The van der Waals surface area contributed by atoms with Crippen molar-refractivity contribution in [2.24, 2.45) is 10.8 Å². The Morgan fingerprint density at radius 2 is 1.38 bits per heavy atom. The summed E-state index contributed by atoms with van der Waals surface area (Å²) in [7, 11) is 0. The van der Waals surface area contributed by atoms with Crippen molar-refractivity contribution in [1.29, 1.82) is 0 Å². The van der Waals surface area contributed by atoms with E-state index in [0.717, 1.165) is 17.4 Å². The lowest BCUT2D eigenvalue weighted by atomic mass is 9.81. The fourth-order valence-electron chi connectivity index (χ4n) is 3.60. The maximum absolute atomic E-state index is 13.1. The number of allylic oxidation sites excluding steroid dienone is 1. The van der Waals surface area contributed by atoms with Gasteiger partial charge < -0.3 is 14.3 Å². The summed E-state index contributed by atoms with van der Waals surface area (Å²) in [5, 5.41) is 0. The van der Waals surface area contributed by atoms with Gasteiger partial charge in [-0.1, -0.05) is 72.8 Å². The van der Waals surface area contributed by atoms with E-state index in [1.165, 1.54) is 0 Å². The number of benzene rings is 2. The van der Waals surface area contributed by atoms with Crippen molar-refractivity contribution in [3.8, 4) is 0 Å². The van der Waals surface area contributed by atoms with Crippen molar-refractivity contribution in [3.05, 3.63) is 83.9 Å². The number of rotatable bonds is 7. The summed E-state index contributed by atoms with van der Waals surface area (Å²) in [6.07, 6.45) is 0.763. The van der Waals surface area contributed by atoms with Crippen LogP contribution in [0.3, 0.4) is 0 Å². The molecule has 1 aliphatic carbocycles. The van der Waals surface area contributed by atoms with Crippen LogP contribution in [-0.2, 0) is 37.1 Å². The number of hydrogen-bond acceptors (Lipinski definition) is 5. The minimum atomic E-state index is -1.57. The first-order valence-electron chi connectivity index (χ1n) is 9.46. The Kier molecular flexibility index (Phi) is 5.97. The van der Waals surface area contributed by atoms with Gasteiger partial charge in [-0.15, -0.1) is 0 Å². The minimum absolute atomic E-state index is 0.0103. The Labute approximate surface area is 170 Å². The summed E-state index contributed by atoms with van der Waals surface area (Å²) in [5.41, 5.74) is -0.401. The third-order valence-corrected chi connectivity index (χ3v) is 5.46. The van der Waals surface area contributed by atoms with Gasteiger partial charge in [-0.3, -0.25) is 9.59 Å². The van der Waals surface area contributed by atoms with Gasteiger partial charge in [0.1, 0.15) is 19.5 Å². The van der Waals surface area contributed by atoms with Gasteiger partial charge in [-0.05, 0) is 30.9 Å². The second-order valence-electron chi connectivity index (χ2n) is 7.70. The van der Waals surface area contributed by atoms with Crippen LogP contribution in [0, 0.1) is 10.8 Å². The quantitative estimate of drug-likeness (QED) is 0.308. The molecule has 1 aliphatic rings. The monoisotopic (exact) mass is 392 g/mol. The average molecular weight is 392 g/mol. The molecule has 0 aliphatic heterocycles. The molecule has 1 fully saturated rings. The van der Waals surface area contributed by atoms with Gasteiger partial charge in [0.25, 0.3) is 0 Å². The summed E-state index contributed by atoms with van der Waals surface area (Å²) < 4.78 is 11.0. The third-order valence-electron chi connectivity index (χ3n) is 5.46. The predicted octanol–water partition coefficient (Wildman–Crippen LogP) is 4.01. The molecule has 2 aromatic rings. The van der Waals surface area contributed by atoms with Crippen molar-refractivity contribution >= 4 is 18.2 Å². The molecule has 2 aromatic carbocycles. The zero-order valence-electron chi connectivity index (χ0n) is 16.4. The van der Waals surface area contributed by atoms with Crippen molar-refractivity contribution < 1.29 is 23.9 Å². The van der Waals surface area contributed by atoms with Gasteiger partial charge in [0.15, 0.2) is 5.41 Å². The molecule has 0 radical (unpaired) electrons. The van der Waals surface area contributed by atoms with Crippen LogP contribution in [-0.4, -0.2) is 18.2 Å². The summed E-state index contributed by atoms with van der Waals surface area (Å²) >= 11 is 0. The highest BCUT2D eigenvalue weighted by atomic mass is 16.6. The second kappa shape index (κ2) is 8.43. The maximum atomic E-state index is 13.1. The van der Waals surface area contributed by atoms with Crippen LogP contribution in [0.1, 0.15) is 30.9 Å². The molecule has 0 saturated heterocycles. The fraction of sp³-hybridized carbons (Fsp3) is 0.292. The van der Waals surface area contributed by atoms with Gasteiger partial charge >= 0.3 is 11.9 Å². The summed E-state index contributed by atoms with van der Waals surface area (Å²) in [6.45, 7) is 5.69. The van der Waals surface area contributed by atoms with E-state index in [-0.39, 0.29) is 26.1 Å². The molecule has 29 heavy (non-hydrogen) atoms. The molecule has 0 N–H and O–H groups in total. The van der Waals surface area contributed by atoms with E-state index in [9.17, 15) is 14.4 Å². The Balaban J connectivity index is 1.80.